The predicted octanol–water partition coefficient (Wildman–Crippen LogP) is 1.15. The summed E-state index contributed by atoms with van der Waals surface area (Å²) >= 11 is 0.888. The third-order valence-corrected chi connectivity index (χ3v) is 4.61. The van der Waals surface area contributed by atoms with Gasteiger partial charge < -0.3 is 9.84 Å². The van der Waals surface area contributed by atoms with Crippen LogP contribution in [0.3, 0.4) is 0 Å². The van der Waals surface area contributed by atoms with Crippen LogP contribution in [0.25, 0.3) is 0 Å². The highest BCUT2D eigenvalue weighted by Gasteiger charge is 2.23. The van der Waals surface area contributed by atoms with E-state index in [2.05, 4.69) is 4.72 Å². The molecule has 0 amide bonds. The first kappa shape index (κ1) is 15.1. The highest BCUT2D eigenvalue weighted by atomic mass is 32.2. The molecule has 0 radical (unpaired) electrons. The molecule has 0 saturated heterocycles. The largest absolute Gasteiger partial charge is 0.477 e. The molecule has 0 aliphatic rings. The molecule has 0 spiro atoms. The molecular weight excluding hydrogens is 278 g/mol. The zero-order chi connectivity index (χ0) is 13.6. The van der Waals surface area contributed by atoms with E-state index in [1.54, 1.807) is 0 Å². The zero-order valence-electron chi connectivity index (χ0n) is 9.88. The van der Waals surface area contributed by atoms with Crippen molar-refractivity contribution in [1.82, 2.24) is 4.72 Å². The van der Waals surface area contributed by atoms with Crippen LogP contribution in [0.5, 0.6) is 0 Å². The van der Waals surface area contributed by atoms with Crippen LogP contribution in [0.4, 0.5) is 0 Å². The Bertz CT molecular complexity index is 494. The van der Waals surface area contributed by atoms with Gasteiger partial charge in [-0.15, -0.1) is 11.3 Å². The molecule has 8 heteroatoms. The van der Waals surface area contributed by atoms with Gasteiger partial charge in [-0.25, -0.2) is 17.9 Å². The lowest BCUT2D eigenvalue weighted by Crippen LogP contribution is -2.26. The van der Waals surface area contributed by atoms with E-state index in [9.17, 15) is 13.2 Å². The maximum Gasteiger partial charge on any atom is 0.347 e. The summed E-state index contributed by atoms with van der Waals surface area (Å²) in [7, 11) is -3.76. The van der Waals surface area contributed by atoms with Gasteiger partial charge in [0.15, 0.2) is 0 Å². The Morgan fingerprint density at radius 2 is 2.28 bits per heavy atom. The number of thiophene rings is 1. The van der Waals surface area contributed by atoms with Crippen LogP contribution in [-0.2, 0) is 14.8 Å². The molecule has 0 atom stereocenters. The monoisotopic (exact) mass is 293 g/mol. The Morgan fingerprint density at radius 1 is 1.56 bits per heavy atom. The van der Waals surface area contributed by atoms with E-state index in [0.29, 0.717) is 19.6 Å². The van der Waals surface area contributed by atoms with E-state index >= 15 is 0 Å². The third kappa shape index (κ3) is 4.05. The van der Waals surface area contributed by atoms with Crippen LogP contribution < -0.4 is 4.72 Å². The number of carboxylic acid groups (broad SMARTS) is 1. The fourth-order valence-corrected chi connectivity index (χ4v) is 3.60. The summed E-state index contributed by atoms with van der Waals surface area (Å²) in [4.78, 5) is 10.5. The molecular formula is C10H15NO5S2. The number of nitrogens with one attached hydrogen (secondary N) is 1. The van der Waals surface area contributed by atoms with Crippen LogP contribution in [-0.4, -0.2) is 39.3 Å². The highest BCUT2D eigenvalue weighted by Crippen LogP contribution is 2.21. The Balaban J connectivity index is 2.63. The number of carbonyl (C=O) groups is 1. The molecule has 102 valence electrons. The van der Waals surface area contributed by atoms with E-state index < -0.39 is 16.0 Å². The summed E-state index contributed by atoms with van der Waals surface area (Å²) in [5, 5.41) is 10.3. The minimum atomic E-state index is -3.76. The number of hydrogen-bond donors (Lipinski definition) is 2. The minimum absolute atomic E-state index is 0.174. The lowest BCUT2D eigenvalue weighted by molar-refractivity contribution is 0.0698. The number of carboxylic acids is 1. The van der Waals surface area contributed by atoms with E-state index in [0.717, 1.165) is 11.3 Å². The second kappa shape index (κ2) is 6.83. The van der Waals surface area contributed by atoms with Crippen molar-refractivity contribution in [3.8, 4) is 0 Å². The molecule has 6 nitrogen and oxygen atoms in total. The quantitative estimate of drug-likeness (QED) is 0.701. The van der Waals surface area contributed by atoms with Gasteiger partial charge in [-0.05, 0) is 24.8 Å². The number of sulfonamides is 1. The molecule has 0 bridgehead atoms. The van der Waals surface area contributed by atoms with Gasteiger partial charge in [0.05, 0.1) is 0 Å². The summed E-state index contributed by atoms with van der Waals surface area (Å²) < 4.78 is 31.1. The van der Waals surface area contributed by atoms with Gasteiger partial charge >= 0.3 is 5.97 Å². The number of aromatic carboxylic acids is 1. The van der Waals surface area contributed by atoms with Crippen LogP contribution in [0.2, 0.25) is 0 Å². The second-order valence-electron chi connectivity index (χ2n) is 3.37. The first-order valence-electron chi connectivity index (χ1n) is 5.37. The topological polar surface area (TPSA) is 92.7 Å². The average Bonchev–Trinajstić information content (AvgIpc) is 2.78. The van der Waals surface area contributed by atoms with Crippen molar-refractivity contribution in [2.24, 2.45) is 0 Å². The second-order valence-corrected chi connectivity index (χ2v) is 6.02. The number of hydrogen-bond acceptors (Lipinski definition) is 5. The van der Waals surface area contributed by atoms with Gasteiger partial charge in [0.25, 0.3) is 0 Å². The molecule has 0 unspecified atom stereocenters. The molecule has 2 N–H and O–H groups in total. The summed E-state index contributed by atoms with van der Waals surface area (Å²) in [5.74, 6) is -1.24. The zero-order valence-corrected chi connectivity index (χ0v) is 11.5. The smallest absolute Gasteiger partial charge is 0.347 e. The number of rotatable bonds is 8. The van der Waals surface area contributed by atoms with Gasteiger partial charge in [0.2, 0.25) is 10.0 Å². The first-order valence-corrected chi connectivity index (χ1v) is 7.73. The molecule has 1 rings (SSSR count). The average molecular weight is 293 g/mol. The van der Waals surface area contributed by atoms with Crippen molar-refractivity contribution in [3.63, 3.8) is 0 Å². The molecule has 0 fully saturated rings. The van der Waals surface area contributed by atoms with Crippen molar-refractivity contribution >= 4 is 27.3 Å². The van der Waals surface area contributed by atoms with Gasteiger partial charge in [-0.1, -0.05) is 0 Å². The standard InChI is InChI=1S/C10H15NO5S2/c1-2-16-6-3-5-11-18(14,15)8-4-7-17-9(8)10(12)13/h4,7,11H,2-3,5-6H2,1H3,(H,12,13). The Kier molecular flexibility index (Phi) is 5.73. The Labute approximate surface area is 110 Å². The highest BCUT2D eigenvalue weighted by molar-refractivity contribution is 7.89. The van der Waals surface area contributed by atoms with Crippen LogP contribution in [0.1, 0.15) is 23.0 Å². The summed E-state index contributed by atoms with van der Waals surface area (Å²) in [6.45, 7) is 3.13. The fourth-order valence-electron chi connectivity index (χ4n) is 1.27. The van der Waals surface area contributed by atoms with Gasteiger partial charge in [0, 0.05) is 19.8 Å². The third-order valence-electron chi connectivity index (χ3n) is 2.07. The van der Waals surface area contributed by atoms with E-state index in [-0.39, 0.29) is 16.3 Å². The summed E-state index contributed by atoms with van der Waals surface area (Å²) in [5.41, 5.74) is 0. The van der Waals surface area contributed by atoms with Crippen molar-refractivity contribution in [1.29, 1.82) is 0 Å². The van der Waals surface area contributed by atoms with Crippen molar-refractivity contribution in [2.75, 3.05) is 19.8 Å². The molecule has 0 aromatic carbocycles. The lowest BCUT2D eigenvalue weighted by atomic mass is 10.5. The minimum Gasteiger partial charge on any atom is -0.477 e. The lowest BCUT2D eigenvalue weighted by Gasteiger charge is -2.06. The fraction of sp³-hybridized carbons (Fsp3) is 0.500. The molecule has 1 aromatic heterocycles. The SMILES string of the molecule is CCOCCCNS(=O)(=O)c1ccsc1C(=O)O. The summed E-state index contributed by atoms with van der Waals surface area (Å²) in [6.07, 6.45) is 0.541. The molecule has 0 aliphatic carbocycles. The molecule has 1 aromatic rings. The molecule has 0 aliphatic heterocycles. The predicted molar refractivity (Wildman–Crippen MR) is 67.6 cm³/mol. The van der Waals surface area contributed by atoms with Gasteiger partial charge in [-0.3, -0.25) is 0 Å². The van der Waals surface area contributed by atoms with Crippen molar-refractivity contribution < 1.29 is 23.1 Å². The Hall–Kier alpha value is -0.960. The Morgan fingerprint density at radius 3 is 2.89 bits per heavy atom. The van der Waals surface area contributed by atoms with Crippen molar-refractivity contribution in [3.05, 3.63) is 16.3 Å². The van der Waals surface area contributed by atoms with Crippen molar-refractivity contribution in [2.45, 2.75) is 18.2 Å². The maximum atomic E-state index is 11.8. The van der Waals surface area contributed by atoms with Gasteiger partial charge in [-0.2, -0.15) is 0 Å². The van der Waals surface area contributed by atoms with E-state index in [4.69, 9.17) is 9.84 Å². The maximum absolute atomic E-state index is 11.8. The van der Waals surface area contributed by atoms with Crippen LogP contribution >= 0.6 is 11.3 Å². The van der Waals surface area contributed by atoms with E-state index in [1.165, 1.54) is 11.4 Å². The van der Waals surface area contributed by atoms with Crippen LogP contribution in [0, 0.1) is 0 Å². The molecule has 1 heterocycles. The first-order chi connectivity index (χ1) is 8.49. The number of ether oxygens (including phenoxy) is 1. The molecule has 18 heavy (non-hydrogen) atoms. The van der Waals surface area contributed by atoms with Crippen LogP contribution in [0.15, 0.2) is 16.3 Å². The summed E-state index contributed by atoms with van der Waals surface area (Å²) in [6, 6.07) is 1.29. The van der Waals surface area contributed by atoms with Gasteiger partial charge in [0.1, 0.15) is 9.77 Å². The normalized spacial score (nSPS) is 11.6. The molecule has 0 saturated carbocycles. The van der Waals surface area contributed by atoms with E-state index in [1.807, 2.05) is 6.92 Å².